The molecule has 3 aromatic rings. The van der Waals surface area contributed by atoms with Crippen molar-refractivity contribution in [1.29, 1.82) is 0 Å². The van der Waals surface area contributed by atoms with Crippen molar-refractivity contribution in [3.05, 3.63) is 102 Å². The number of carbonyl (C=O) groups excluding carboxylic acids is 2. The predicted molar refractivity (Wildman–Crippen MR) is 117 cm³/mol. The largest absolute Gasteiger partial charge is 0.484 e. The van der Waals surface area contributed by atoms with E-state index in [1.54, 1.807) is 18.2 Å². The molecule has 3 rings (SSSR count). The number of halogens is 2. The van der Waals surface area contributed by atoms with Crippen LogP contribution in [-0.2, 0) is 22.6 Å². The van der Waals surface area contributed by atoms with E-state index in [9.17, 15) is 18.4 Å². The zero-order chi connectivity index (χ0) is 22.9. The summed E-state index contributed by atoms with van der Waals surface area (Å²) in [6.07, 6.45) is 0.247. The summed E-state index contributed by atoms with van der Waals surface area (Å²) in [5, 5.41) is 2.59. The molecule has 1 atom stereocenters. The summed E-state index contributed by atoms with van der Waals surface area (Å²) in [5.74, 6) is -1.46. The maximum atomic E-state index is 14.4. The van der Waals surface area contributed by atoms with Crippen molar-refractivity contribution in [3.8, 4) is 5.75 Å². The highest BCUT2D eigenvalue weighted by molar-refractivity contribution is 5.88. The number of benzene rings is 3. The van der Waals surface area contributed by atoms with E-state index >= 15 is 0 Å². The van der Waals surface area contributed by atoms with Gasteiger partial charge in [0.1, 0.15) is 23.4 Å². The molecule has 0 aliphatic carbocycles. The van der Waals surface area contributed by atoms with Gasteiger partial charge in [0.25, 0.3) is 5.91 Å². The second-order valence-electron chi connectivity index (χ2n) is 7.18. The number of likely N-dealkylation sites (N-methyl/N-ethyl adjacent to an activating group) is 1. The van der Waals surface area contributed by atoms with Crippen LogP contribution in [0.15, 0.2) is 78.9 Å². The van der Waals surface area contributed by atoms with E-state index in [2.05, 4.69) is 5.32 Å². The minimum Gasteiger partial charge on any atom is -0.484 e. The molecule has 0 bridgehead atoms. The van der Waals surface area contributed by atoms with Gasteiger partial charge in [0.2, 0.25) is 5.91 Å². The van der Waals surface area contributed by atoms with E-state index in [0.29, 0.717) is 5.75 Å². The van der Waals surface area contributed by atoms with E-state index in [0.717, 1.165) is 5.56 Å². The minimum atomic E-state index is -0.883. The highest BCUT2D eigenvalue weighted by Crippen LogP contribution is 2.18. The third kappa shape index (κ3) is 6.14. The summed E-state index contributed by atoms with van der Waals surface area (Å²) < 4.78 is 33.0. The van der Waals surface area contributed by atoms with Crippen LogP contribution in [0.1, 0.15) is 11.1 Å². The van der Waals surface area contributed by atoms with Gasteiger partial charge in [-0.1, -0.05) is 48.5 Å². The number of rotatable bonds is 9. The summed E-state index contributed by atoms with van der Waals surface area (Å²) in [5.41, 5.74) is 1.14. The first kappa shape index (κ1) is 22.9. The van der Waals surface area contributed by atoms with Crippen molar-refractivity contribution in [1.82, 2.24) is 10.2 Å². The van der Waals surface area contributed by atoms with E-state index in [1.165, 1.54) is 42.3 Å². The van der Waals surface area contributed by atoms with Crippen LogP contribution >= 0.6 is 0 Å². The van der Waals surface area contributed by atoms with Crippen LogP contribution in [0.25, 0.3) is 0 Å². The number of nitrogens with zero attached hydrogens (tertiary/aromatic N) is 1. The topological polar surface area (TPSA) is 58.6 Å². The number of ether oxygens (including phenoxy) is 1. The molecule has 0 heterocycles. The molecular formula is C25H24F2N2O3. The van der Waals surface area contributed by atoms with Crippen molar-refractivity contribution < 1.29 is 23.1 Å². The molecule has 7 heteroatoms. The maximum absolute atomic E-state index is 14.4. The van der Waals surface area contributed by atoms with Crippen molar-refractivity contribution in [2.75, 3.05) is 13.7 Å². The lowest BCUT2D eigenvalue weighted by Gasteiger charge is -2.31. The number of hydrogen-bond donors (Lipinski definition) is 1. The molecule has 32 heavy (non-hydrogen) atoms. The van der Waals surface area contributed by atoms with E-state index < -0.39 is 23.6 Å². The standard InChI is InChI=1S/C25H24F2N2O3/c1-28-25(31)23(15-18-7-3-2-4-8-18)29(16-19-9-5-6-10-22(19)27)24(30)17-32-21-13-11-20(26)12-14-21/h2-14,23H,15-17H2,1H3,(H,28,31). The van der Waals surface area contributed by atoms with Crippen molar-refractivity contribution in [2.24, 2.45) is 0 Å². The Hall–Kier alpha value is -3.74. The van der Waals surface area contributed by atoms with Crippen LogP contribution in [0, 0.1) is 11.6 Å². The van der Waals surface area contributed by atoms with Gasteiger partial charge in [0, 0.05) is 25.6 Å². The molecule has 1 unspecified atom stereocenters. The lowest BCUT2D eigenvalue weighted by atomic mass is 10.0. The van der Waals surface area contributed by atoms with Gasteiger partial charge in [-0.25, -0.2) is 8.78 Å². The first-order chi connectivity index (χ1) is 15.5. The summed E-state index contributed by atoms with van der Waals surface area (Å²) in [4.78, 5) is 27.3. The Morgan fingerprint density at radius 2 is 1.59 bits per heavy atom. The molecular weight excluding hydrogens is 414 g/mol. The molecule has 0 fully saturated rings. The van der Waals surface area contributed by atoms with Gasteiger partial charge in [-0.05, 0) is 35.9 Å². The van der Waals surface area contributed by atoms with E-state index in [-0.39, 0.29) is 31.0 Å². The second kappa shape index (κ2) is 11.0. The molecule has 0 aliphatic rings. The zero-order valence-corrected chi connectivity index (χ0v) is 17.6. The van der Waals surface area contributed by atoms with Crippen molar-refractivity contribution >= 4 is 11.8 Å². The summed E-state index contributed by atoms with van der Waals surface area (Å²) in [7, 11) is 1.49. The lowest BCUT2D eigenvalue weighted by molar-refractivity contribution is -0.142. The average Bonchev–Trinajstić information content (AvgIpc) is 2.82. The molecule has 5 nitrogen and oxygen atoms in total. The predicted octanol–water partition coefficient (Wildman–Crippen LogP) is 3.73. The molecule has 0 spiro atoms. The zero-order valence-electron chi connectivity index (χ0n) is 17.6. The summed E-state index contributed by atoms with van der Waals surface area (Å²) in [6, 6.07) is 19.7. The van der Waals surface area contributed by atoms with Crippen molar-refractivity contribution in [3.63, 3.8) is 0 Å². The van der Waals surface area contributed by atoms with Crippen LogP contribution < -0.4 is 10.1 Å². The van der Waals surface area contributed by atoms with Gasteiger partial charge >= 0.3 is 0 Å². The number of amides is 2. The van der Waals surface area contributed by atoms with Gasteiger partial charge < -0.3 is 15.0 Å². The fourth-order valence-corrected chi connectivity index (χ4v) is 3.29. The highest BCUT2D eigenvalue weighted by atomic mass is 19.1. The van der Waals surface area contributed by atoms with Crippen LogP contribution in [0.2, 0.25) is 0 Å². The quantitative estimate of drug-likeness (QED) is 0.554. The Balaban J connectivity index is 1.87. The minimum absolute atomic E-state index is 0.108. The molecule has 0 aromatic heterocycles. The van der Waals surface area contributed by atoms with Gasteiger partial charge in [-0.2, -0.15) is 0 Å². The van der Waals surface area contributed by atoms with Gasteiger partial charge in [0.15, 0.2) is 6.61 Å². The Bertz CT molecular complexity index is 1040. The fourth-order valence-electron chi connectivity index (χ4n) is 3.29. The number of hydrogen-bond acceptors (Lipinski definition) is 3. The summed E-state index contributed by atoms with van der Waals surface area (Å²) >= 11 is 0. The van der Waals surface area contributed by atoms with Crippen LogP contribution in [0.4, 0.5) is 8.78 Å². The molecule has 2 amide bonds. The van der Waals surface area contributed by atoms with Gasteiger partial charge in [-0.3, -0.25) is 9.59 Å². The third-order valence-corrected chi connectivity index (χ3v) is 4.99. The molecule has 1 N–H and O–H groups in total. The smallest absolute Gasteiger partial charge is 0.261 e. The molecule has 3 aromatic carbocycles. The fraction of sp³-hybridized carbons (Fsp3) is 0.200. The van der Waals surface area contributed by atoms with Gasteiger partial charge in [-0.15, -0.1) is 0 Å². The molecule has 0 aliphatic heterocycles. The maximum Gasteiger partial charge on any atom is 0.261 e. The first-order valence-corrected chi connectivity index (χ1v) is 10.1. The number of nitrogens with one attached hydrogen (secondary N) is 1. The summed E-state index contributed by atoms with van der Waals surface area (Å²) in [6.45, 7) is -0.494. The highest BCUT2D eigenvalue weighted by Gasteiger charge is 2.30. The third-order valence-electron chi connectivity index (χ3n) is 4.99. The average molecular weight is 438 g/mol. The van der Waals surface area contributed by atoms with E-state index in [4.69, 9.17) is 4.74 Å². The lowest BCUT2D eigenvalue weighted by Crippen LogP contribution is -2.51. The Morgan fingerprint density at radius 3 is 2.25 bits per heavy atom. The Morgan fingerprint density at radius 1 is 0.938 bits per heavy atom. The molecule has 166 valence electrons. The molecule has 0 saturated carbocycles. The van der Waals surface area contributed by atoms with Crippen molar-refractivity contribution in [2.45, 2.75) is 19.0 Å². The van der Waals surface area contributed by atoms with E-state index in [1.807, 2.05) is 30.3 Å². The molecule has 0 radical (unpaired) electrons. The first-order valence-electron chi connectivity index (χ1n) is 10.1. The second-order valence-corrected chi connectivity index (χ2v) is 7.18. The Kier molecular flexibility index (Phi) is 7.91. The van der Waals surface area contributed by atoms with Crippen LogP contribution in [-0.4, -0.2) is 36.4 Å². The van der Waals surface area contributed by atoms with Crippen LogP contribution in [0.5, 0.6) is 5.75 Å². The normalized spacial score (nSPS) is 11.5. The van der Waals surface area contributed by atoms with Crippen LogP contribution in [0.3, 0.4) is 0 Å². The van der Waals surface area contributed by atoms with Gasteiger partial charge in [0.05, 0.1) is 0 Å². The molecule has 0 saturated heterocycles. The SMILES string of the molecule is CNC(=O)C(Cc1ccccc1)N(Cc1ccccc1F)C(=O)COc1ccc(F)cc1. The monoisotopic (exact) mass is 438 g/mol. The Labute approximate surface area is 185 Å². The number of carbonyl (C=O) groups is 2.